The Morgan fingerprint density at radius 1 is 0.944 bits per heavy atom. The standard InChI is InChI=1S/C16H17N.H2O/c1-12-9-10-16(13(2)11-12)17-14(3)15-7-5-4-6-8-15;/h4-11H,1-3H3;1H2. The van der Waals surface area contributed by atoms with Crippen molar-refractivity contribution in [3.63, 3.8) is 0 Å². The van der Waals surface area contributed by atoms with Gasteiger partial charge in [-0.2, -0.15) is 0 Å². The summed E-state index contributed by atoms with van der Waals surface area (Å²) in [5, 5.41) is 0. The Morgan fingerprint density at radius 3 is 2.22 bits per heavy atom. The molecule has 0 bridgehead atoms. The van der Waals surface area contributed by atoms with E-state index in [1.54, 1.807) is 0 Å². The molecule has 0 fully saturated rings. The normalized spacial score (nSPS) is 10.9. The van der Waals surface area contributed by atoms with Crippen LogP contribution >= 0.6 is 0 Å². The highest BCUT2D eigenvalue weighted by molar-refractivity contribution is 6.00. The van der Waals surface area contributed by atoms with Gasteiger partial charge in [0, 0.05) is 5.71 Å². The second-order valence-corrected chi connectivity index (χ2v) is 4.35. The van der Waals surface area contributed by atoms with Crippen LogP contribution in [-0.4, -0.2) is 11.2 Å². The fraction of sp³-hybridized carbons (Fsp3) is 0.188. The summed E-state index contributed by atoms with van der Waals surface area (Å²) in [7, 11) is 0. The third kappa shape index (κ3) is 3.28. The fourth-order valence-electron chi connectivity index (χ4n) is 1.86. The maximum atomic E-state index is 4.69. The number of benzene rings is 2. The van der Waals surface area contributed by atoms with Gasteiger partial charge < -0.3 is 5.48 Å². The van der Waals surface area contributed by atoms with Crippen molar-refractivity contribution >= 4 is 11.4 Å². The van der Waals surface area contributed by atoms with Crippen LogP contribution in [0.5, 0.6) is 0 Å². The lowest BCUT2D eigenvalue weighted by molar-refractivity contribution is 0.824. The van der Waals surface area contributed by atoms with E-state index in [9.17, 15) is 0 Å². The average Bonchev–Trinajstić information content (AvgIpc) is 2.34. The number of nitrogens with zero attached hydrogens (tertiary/aromatic N) is 1. The summed E-state index contributed by atoms with van der Waals surface area (Å²) in [4.78, 5) is 4.69. The van der Waals surface area contributed by atoms with E-state index in [4.69, 9.17) is 0 Å². The highest BCUT2D eigenvalue weighted by Gasteiger charge is 1.99. The summed E-state index contributed by atoms with van der Waals surface area (Å²) in [6.07, 6.45) is 0. The predicted molar refractivity (Wildman–Crippen MR) is 77.8 cm³/mol. The summed E-state index contributed by atoms with van der Waals surface area (Å²) >= 11 is 0. The topological polar surface area (TPSA) is 43.9 Å². The zero-order valence-corrected chi connectivity index (χ0v) is 11.1. The monoisotopic (exact) mass is 241 g/mol. The molecule has 0 radical (unpaired) electrons. The molecule has 2 aromatic rings. The Bertz CT molecular complexity index is 544. The van der Waals surface area contributed by atoms with Crippen molar-refractivity contribution in [2.24, 2.45) is 4.99 Å². The van der Waals surface area contributed by atoms with Crippen LogP contribution in [0.1, 0.15) is 23.6 Å². The molecule has 0 saturated carbocycles. The first-order chi connectivity index (χ1) is 8.16. The maximum absolute atomic E-state index is 4.69. The molecule has 2 nitrogen and oxygen atoms in total. The Balaban J connectivity index is 0.00000162. The summed E-state index contributed by atoms with van der Waals surface area (Å²) in [5.41, 5.74) is 5.78. The molecule has 2 rings (SSSR count). The first kappa shape index (κ1) is 14.1. The zero-order chi connectivity index (χ0) is 12.3. The van der Waals surface area contributed by atoms with Gasteiger partial charge in [0.15, 0.2) is 0 Å². The third-order valence-corrected chi connectivity index (χ3v) is 2.83. The molecule has 94 valence electrons. The van der Waals surface area contributed by atoms with Crippen molar-refractivity contribution in [1.29, 1.82) is 0 Å². The van der Waals surface area contributed by atoms with E-state index in [-0.39, 0.29) is 5.48 Å². The fourth-order valence-corrected chi connectivity index (χ4v) is 1.86. The van der Waals surface area contributed by atoms with E-state index in [1.165, 1.54) is 16.7 Å². The first-order valence-electron chi connectivity index (χ1n) is 5.85. The van der Waals surface area contributed by atoms with Gasteiger partial charge in [0.25, 0.3) is 0 Å². The highest BCUT2D eigenvalue weighted by Crippen LogP contribution is 2.20. The van der Waals surface area contributed by atoms with Crippen LogP contribution in [0.4, 0.5) is 5.69 Å². The lowest BCUT2D eigenvalue weighted by Gasteiger charge is -2.04. The number of rotatable bonds is 2. The summed E-state index contributed by atoms with van der Waals surface area (Å²) in [6.45, 7) is 6.25. The van der Waals surface area contributed by atoms with E-state index >= 15 is 0 Å². The molecule has 0 aromatic heterocycles. The molecular formula is C16H19NO. The minimum atomic E-state index is 0. The van der Waals surface area contributed by atoms with E-state index in [0.29, 0.717) is 0 Å². The molecule has 0 unspecified atom stereocenters. The van der Waals surface area contributed by atoms with Gasteiger partial charge in [-0.3, -0.25) is 4.99 Å². The van der Waals surface area contributed by atoms with Gasteiger partial charge in [-0.15, -0.1) is 0 Å². The molecule has 2 heteroatoms. The van der Waals surface area contributed by atoms with Crippen LogP contribution in [0.25, 0.3) is 0 Å². The molecule has 0 amide bonds. The highest BCUT2D eigenvalue weighted by atomic mass is 16.0. The van der Waals surface area contributed by atoms with E-state index in [2.05, 4.69) is 56.1 Å². The SMILES string of the molecule is CC(=Nc1ccc(C)cc1C)c1ccccc1.O. The largest absolute Gasteiger partial charge is 0.412 e. The minimum Gasteiger partial charge on any atom is -0.412 e. The van der Waals surface area contributed by atoms with Crippen molar-refractivity contribution in [2.75, 3.05) is 0 Å². The van der Waals surface area contributed by atoms with Crippen LogP contribution in [0, 0.1) is 13.8 Å². The molecule has 0 aliphatic rings. The molecule has 0 saturated heterocycles. The molecule has 2 aromatic carbocycles. The smallest absolute Gasteiger partial charge is 0.0662 e. The molecule has 0 atom stereocenters. The Labute approximate surface area is 108 Å². The van der Waals surface area contributed by atoms with Gasteiger partial charge in [-0.1, -0.05) is 48.0 Å². The Morgan fingerprint density at radius 2 is 1.61 bits per heavy atom. The zero-order valence-electron chi connectivity index (χ0n) is 11.1. The molecule has 18 heavy (non-hydrogen) atoms. The molecule has 0 spiro atoms. The summed E-state index contributed by atoms with van der Waals surface area (Å²) in [5.74, 6) is 0. The van der Waals surface area contributed by atoms with Gasteiger partial charge in [0.1, 0.15) is 0 Å². The van der Waals surface area contributed by atoms with Crippen LogP contribution in [0.15, 0.2) is 53.5 Å². The van der Waals surface area contributed by atoms with E-state index in [0.717, 1.165) is 11.4 Å². The number of hydrogen-bond acceptors (Lipinski definition) is 1. The first-order valence-corrected chi connectivity index (χ1v) is 5.85. The summed E-state index contributed by atoms with van der Waals surface area (Å²) < 4.78 is 0. The second kappa shape index (κ2) is 6.12. The quantitative estimate of drug-likeness (QED) is 0.721. The third-order valence-electron chi connectivity index (χ3n) is 2.83. The predicted octanol–water partition coefficient (Wildman–Crippen LogP) is 3.62. The van der Waals surface area contributed by atoms with Crippen LogP contribution in [0.3, 0.4) is 0 Å². The molecule has 2 N–H and O–H groups in total. The van der Waals surface area contributed by atoms with Gasteiger partial charge in [-0.05, 0) is 38.0 Å². The van der Waals surface area contributed by atoms with Crippen molar-refractivity contribution in [1.82, 2.24) is 0 Å². The maximum Gasteiger partial charge on any atom is 0.0662 e. The lowest BCUT2D eigenvalue weighted by atomic mass is 10.1. The average molecular weight is 241 g/mol. The Hall–Kier alpha value is -1.93. The van der Waals surface area contributed by atoms with Crippen molar-refractivity contribution in [3.8, 4) is 0 Å². The number of hydrogen-bond donors (Lipinski definition) is 0. The Kier molecular flexibility index (Phi) is 4.81. The van der Waals surface area contributed by atoms with E-state index < -0.39 is 0 Å². The molecule has 0 aliphatic heterocycles. The number of aryl methyl sites for hydroxylation is 2. The van der Waals surface area contributed by atoms with E-state index in [1.807, 2.05) is 18.2 Å². The lowest BCUT2D eigenvalue weighted by Crippen LogP contribution is -1.93. The minimum absolute atomic E-state index is 0. The number of aliphatic imine (C=N–C) groups is 1. The van der Waals surface area contributed by atoms with Gasteiger partial charge in [0.2, 0.25) is 0 Å². The van der Waals surface area contributed by atoms with Crippen molar-refractivity contribution in [2.45, 2.75) is 20.8 Å². The molecular weight excluding hydrogens is 222 g/mol. The van der Waals surface area contributed by atoms with Gasteiger partial charge >= 0.3 is 0 Å². The van der Waals surface area contributed by atoms with Crippen LogP contribution in [-0.2, 0) is 0 Å². The summed E-state index contributed by atoms with van der Waals surface area (Å²) in [6, 6.07) is 16.6. The van der Waals surface area contributed by atoms with Gasteiger partial charge in [-0.25, -0.2) is 0 Å². The second-order valence-electron chi connectivity index (χ2n) is 4.35. The molecule has 0 aliphatic carbocycles. The van der Waals surface area contributed by atoms with Crippen molar-refractivity contribution < 1.29 is 5.48 Å². The van der Waals surface area contributed by atoms with Crippen LogP contribution < -0.4 is 0 Å². The molecule has 0 heterocycles. The van der Waals surface area contributed by atoms with Crippen molar-refractivity contribution in [3.05, 3.63) is 65.2 Å². The van der Waals surface area contributed by atoms with Gasteiger partial charge in [0.05, 0.1) is 5.69 Å². The van der Waals surface area contributed by atoms with Crippen LogP contribution in [0.2, 0.25) is 0 Å².